The van der Waals surface area contributed by atoms with Gasteiger partial charge in [0.05, 0.1) is 11.1 Å². The molecule has 0 saturated carbocycles. The van der Waals surface area contributed by atoms with Gasteiger partial charge < -0.3 is 0 Å². The van der Waals surface area contributed by atoms with Gasteiger partial charge in [0.1, 0.15) is 11.6 Å². The Hall–Kier alpha value is -1.73. The summed E-state index contributed by atoms with van der Waals surface area (Å²) < 4.78 is 26.2. The molecule has 0 bridgehead atoms. The Balaban J connectivity index is 0. The molecule has 0 spiro atoms. The molecule has 9 heteroatoms. The number of amides is 1. The average molecular weight is 442 g/mol. The summed E-state index contributed by atoms with van der Waals surface area (Å²) in [4.78, 5) is 22.2. The molecule has 27 heavy (non-hydrogen) atoms. The summed E-state index contributed by atoms with van der Waals surface area (Å²) in [5, 5.41) is 0.473. The van der Waals surface area contributed by atoms with Crippen molar-refractivity contribution < 1.29 is 18.4 Å². The quantitative estimate of drug-likeness (QED) is 0.309. The molecular weight excluding hydrogens is 421 g/mol. The van der Waals surface area contributed by atoms with Gasteiger partial charge in [-0.25, -0.2) is 14.6 Å². The molecule has 0 aromatic heterocycles. The van der Waals surface area contributed by atoms with E-state index in [1.54, 1.807) is 45.0 Å². The second-order valence-electron chi connectivity index (χ2n) is 6.11. The Bertz CT molecular complexity index is 754. The number of hydrogen-bond donors (Lipinski definition) is 1. The van der Waals surface area contributed by atoms with Crippen molar-refractivity contribution in [1.29, 1.82) is 0 Å². The molecule has 0 radical (unpaired) electrons. The van der Waals surface area contributed by atoms with Gasteiger partial charge in [-0.1, -0.05) is 30.3 Å². The molecule has 0 saturated heterocycles. The number of nitrogens with zero attached hydrogens (tertiary/aromatic N) is 1. The monoisotopic (exact) mass is 440 g/mol. The van der Waals surface area contributed by atoms with Gasteiger partial charge >= 0.3 is 0 Å². The van der Waals surface area contributed by atoms with E-state index in [0.717, 1.165) is 23.2 Å². The number of carbonyl (C=O) groups is 2. The van der Waals surface area contributed by atoms with Gasteiger partial charge in [-0.15, -0.1) is 24.8 Å². The number of rotatable bonds is 2. The van der Waals surface area contributed by atoms with Crippen LogP contribution in [0.15, 0.2) is 48.5 Å². The first-order valence-electron chi connectivity index (χ1n) is 7.33. The molecular formula is C18H21Cl3F2N2O2. The maximum atomic E-state index is 13.3. The molecule has 0 aliphatic carbocycles. The summed E-state index contributed by atoms with van der Waals surface area (Å²) in [6, 6.07) is 11.4. The van der Waals surface area contributed by atoms with E-state index in [4.69, 9.17) is 17.4 Å². The van der Waals surface area contributed by atoms with Crippen LogP contribution in [-0.2, 0) is 0 Å². The van der Waals surface area contributed by atoms with E-state index in [1.807, 2.05) is 6.07 Å². The Morgan fingerprint density at radius 2 is 1.52 bits per heavy atom. The van der Waals surface area contributed by atoms with E-state index in [1.165, 1.54) is 0 Å². The number of benzene rings is 2. The number of carbonyl (C=O) groups excluding carboxylic acids is 2. The lowest BCUT2D eigenvalue weighted by molar-refractivity contribution is 0.0576. The van der Waals surface area contributed by atoms with Crippen LogP contribution in [0.25, 0.3) is 0 Å². The molecule has 2 aromatic carbocycles. The lowest BCUT2D eigenvalue weighted by Gasteiger charge is -2.31. The molecule has 2 rings (SSSR count). The molecule has 0 aliphatic rings. The second kappa shape index (κ2) is 11.9. The molecule has 0 fully saturated rings. The minimum atomic E-state index is -0.786. The van der Waals surface area contributed by atoms with Gasteiger partial charge in [-0.05, 0) is 50.6 Å². The van der Waals surface area contributed by atoms with Crippen LogP contribution in [0.5, 0.6) is 0 Å². The second-order valence-corrected chi connectivity index (χ2v) is 6.45. The van der Waals surface area contributed by atoms with Gasteiger partial charge in [0, 0.05) is 5.56 Å². The van der Waals surface area contributed by atoms with Crippen LogP contribution in [0, 0.1) is 11.6 Å². The van der Waals surface area contributed by atoms with Crippen molar-refractivity contribution in [3.05, 3.63) is 71.3 Å². The van der Waals surface area contributed by atoms with Gasteiger partial charge in [0.25, 0.3) is 11.1 Å². The summed E-state index contributed by atoms with van der Waals surface area (Å²) in [6.45, 7) is 5.09. The van der Waals surface area contributed by atoms with Gasteiger partial charge in [0.2, 0.25) is 0 Å². The minimum absolute atomic E-state index is 0. The van der Waals surface area contributed by atoms with E-state index in [9.17, 15) is 18.4 Å². The summed E-state index contributed by atoms with van der Waals surface area (Å²) >= 11 is 5.16. The van der Waals surface area contributed by atoms with Crippen molar-refractivity contribution in [2.24, 2.45) is 5.84 Å². The normalized spacial score (nSPS) is 9.74. The molecule has 2 N–H and O–H groups in total. The average Bonchev–Trinajstić information content (AvgIpc) is 2.56. The maximum absolute atomic E-state index is 13.3. The number of hydrazine groups is 1. The van der Waals surface area contributed by atoms with E-state index in [2.05, 4.69) is 0 Å². The van der Waals surface area contributed by atoms with Crippen molar-refractivity contribution in [3.8, 4) is 0 Å². The van der Waals surface area contributed by atoms with Gasteiger partial charge in [0.15, 0.2) is 0 Å². The molecule has 0 unspecified atom stereocenters. The maximum Gasteiger partial charge on any atom is 0.271 e. The Labute approximate surface area is 174 Å². The predicted octanol–water partition coefficient (Wildman–Crippen LogP) is 4.99. The fourth-order valence-corrected chi connectivity index (χ4v) is 1.79. The van der Waals surface area contributed by atoms with Crippen molar-refractivity contribution in [2.45, 2.75) is 26.3 Å². The van der Waals surface area contributed by atoms with Gasteiger partial charge in [-0.3, -0.25) is 14.6 Å². The molecule has 0 aliphatic heterocycles. The van der Waals surface area contributed by atoms with E-state index in [-0.39, 0.29) is 30.4 Å². The summed E-state index contributed by atoms with van der Waals surface area (Å²) in [7, 11) is 0. The van der Waals surface area contributed by atoms with E-state index >= 15 is 0 Å². The van der Waals surface area contributed by atoms with Crippen LogP contribution >= 0.6 is 36.4 Å². The van der Waals surface area contributed by atoms with Crippen LogP contribution in [0.2, 0.25) is 0 Å². The SMILES string of the molecule is CC(C)(C)N(N)C(=O)c1cc(F)ccc1F.Cl.Cl.O=C(Cl)c1ccccc1. The third-order valence-electron chi connectivity index (χ3n) is 3.10. The largest absolute Gasteiger partial charge is 0.276 e. The highest BCUT2D eigenvalue weighted by molar-refractivity contribution is 6.67. The summed E-state index contributed by atoms with van der Waals surface area (Å²) in [6.07, 6.45) is 0. The van der Waals surface area contributed by atoms with Crippen molar-refractivity contribution in [3.63, 3.8) is 0 Å². The number of nitrogens with two attached hydrogens (primary N) is 1. The standard InChI is InChI=1S/C11H14F2N2O.C7H5ClO.2ClH/c1-11(2,3)15(14)10(16)8-6-7(12)4-5-9(8)13;8-7(9)6-4-2-1-3-5-6;;/h4-6H,14H2,1-3H3;1-5H;2*1H. The first-order chi connectivity index (χ1) is 11.5. The van der Waals surface area contributed by atoms with Crippen LogP contribution < -0.4 is 5.84 Å². The van der Waals surface area contributed by atoms with Crippen molar-refractivity contribution >= 4 is 47.6 Å². The zero-order chi connectivity index (χ0) is 19.2. The first-order valence-corrected chi connectivity index (χ1v) is 7.71. The van der Waals surface area contributed by atoms with Crippen LogP contribution in [0.4, 0.5) is 8.78 Å². The topological polar surface area (TPSA) is 63.4 Å². The molecule has 0 atom stereocenters. The smallest absolute Gasteiger partial charge is 0.271 e. The highest BCUT2D eigenvalue weighted by atomic mass is 35.5. The van der Waals surface area contributed by atoms with Crippen molar-refractivity contribution in [1.82, 2.24) is 5.01 Å². The fourth-order valence-electron chi connectivity index (χ4n) is 1.66. The molecule has 0 heterocycles. The van der Waals surface area contributed by atoms with E-state index < -0.39 is 28.3 Å². The third kappa shape index (κ3) is 8.67. The summed E-state index contributed by atoms with van der Waals surface area (Å²) in [5.74, 6) is 3.33. The highest BCUT2D eigenvalue weighted by Gasteiger charge is 2.26. The van der Waals surface area contributed by atoms with Crippen molar-refractivity contribution in [2.75, 3.05) is 0 Å². The zero-order valence-electron chi connectivity index (χ0n) is 14.9. The predicted molar refractivity (Wildman–Crippen MR) is 108 cm³/mol. The molecule has 1 amide bonds. The summed E-state index contributed by atoms with van der Waals surface area (Å²) in [5.41, 5.74) is -0.480. The van der Waals surface area contributed by atoms with Crippen LogP contribution in [0.1, 0.15) is 41.5 Å². The van der Waals surface area contributed by atoms with Crippen LogP contribution in [0.3, 0.4) is 0 Å². The molecule has 2 aromatic rings. The zero-order valence-corrected chi connectivity index (χ0v) is 17.3. The number of halogens is 5. The molecule has 150 valence electrons. The van der Waals surface area contributed by atoms with E-state index in [0.29, 0.717) is 5.56 Å². The minimum Gasteiger partial charge on any atom is -0.276 e. The third-order valence-corrected chi connectivity index (χ3v) is 3.32. The Morgan fingerprint density at radius 1 is 1.00 bits per heavy atom. The molecule has 4 nitrogen and oxygen atoms in total. The first kappa shape index (κ1) is 27.5. The lowest BCUT2D eigenvalue weighted by Crippen LogP contribution is -2.50. The lowest BCUT2D eigenvalue weighted by atomic mass is 10.1. The Kier molecular flexibility index (Phi) is 12.1. The van der Waals surface area contributed by atoms with Crippen LogP contribution in [-0.4, -0.2) is 21.7 Å². The Morgan fingerprint density at radius 3 is 1.93 bits per heavy atom. The van der Waals surface area contributed by atoms with Gasteiger partial charge in [-0.2, -0.15) is 0 Å². The highest BCUT2D eigenvalue weighted by Crippen LogP contribution is 2.16. The number of hydrogen-bond acceptors (Lipinski definition) is 3. The fraction of sp³-hybridized carbons (Fsp3) is 0.222.